The number of likely N-dealkylation sites (tertiary alicyclic amines) is 1. The highest BCUT2D eigenvalue weighted by molar-refractivity contribution is 9.10. The molecule has 1 saturated heterocycles. The summed E-state index contributed by atoms with van der Waals surface area (Å²) in [7, 11) is 0. The largest absolute Gasteiger partial charge is 0.444 e. The van der Waals surface area contributed by atoms with Gasteiger partial charge in [-0.15, -0.1) is 0 Å². The van der Waals surface area contributed by atoms with Crippen molar-refractivity contribution < 1.29 is 14.3 Å². The topological polar surface area (TPSA) is 51.7 Å². The van der Waals surface area contributed by atoms with Crippen LogP contribution in [-0.2, 0) is 16.1 Å². The molecule has 0 aliphatic carbocycles. The lowest BCUT2D eigenvalue weighted by Gasteiger charge is -2.34. The predicted octanol–water partition coefficient (Wildman–Crippen LogP) is 4.79. The second-order valence-corrected chi connectivity index (χ2v) is 8.43. The number of nitrogens with zero attached hydrogens (tertiary/aromatic N) is 2. The number of ether oxygens (including phenoxy) is 2. The van der Waals surface area contributed by atoms with Gasteiger partial charge in [0.25, 0.3) is 0 Å². The second kappa shape index (κ2) is 9.53. The van der Waals surface area contributed by atoms with Gasteiger partial charge in [-0.3, -0.25) is 0 Å². The minimum atomic E-state index is -0.431. The van der Waals surface area contributed by atoms with Crippen molar-refractivity contribution in [1.29, 1.82) is 0 Å². The Morgan fingerprint density at radius 2 is 2.20 bits per heavy atom. The molecule has 1 amide bonds. The van der Waals surface area contributed by atoms with E-state index in [1.165, 1.54) is 6.42 Å². The van der Waals surface area contributed by atoms with Gasteiger partial charge >= 0.3 is 6.09 Å². The van der Waals surface area contributed by atoms with Crippen LogP contribution in [0, 0.1) is 5.92 Å². The van der Waals surface area contributed by atoms with Gasteiger partial charge in [-0.25, -0.2) is 9.78 Å². The summed E-state index contributed by atoms with van der Waals surface area (Å²) < 4.78 is 12.0. The van der Waals surface area contributed by atoms with Gasteiger partial charge in [-0.05, 0) is 79.9 Å². The molecule has 1 atom stereocenters. The van der Waals surface area contributed by atoms with Crippen LogP contribution in [0.5, 0.6) is 0 Å². The third-order valence-electron chi connectivity index (χ3n) is 4.13. The van der Waals surface area contributed by atoms with Crippen LogP contribution < -0.4 is 0 Å². The number of carbonyl (C=O) groups is 1. The molecule has 1 aromatic heterocycles. The molecule has 1 aromatic rings. The van der Waals surface area contributed by atoms with Gasteiger partial charge in [0.15, 0.2) is 0 Å². The quantitative estimate of drug-likeness (QED) is 0.497. The van der Waals surface area contributed by atoms with Gasteiger partial charge in [0, 0.05) is 25.9 Å². The maximum Gasteiger partial charge on any atom is 0.410 e. The van der Waals surface area contributed by atoms with E-state index in [2.05, 4.69) is 20.9 Å². The first-order chi connectivity index (χ1) is 11.8. The average molecular weight is 413 g/mol. The molecule has 2 heterocycles. The monoisotopic (exact) mass is 412 g/mol. The smallest absolute Gasteiger partial charge is 0.410 e. The zero-order chi connectivity index (χ0) is 18.3. The summed E-state index contributed by atoms with van der Waals surface area (Å²) in [5.41, 5.74) is 0.650. The summed E-state index contributed by atoms with van der Waals surface area (Å²) >= 11 is 3.32. The summed E-state index contributed by atoms with van der Waals surface area (Å²) in [6, 6.07) is 3.93. The zero-order valence-electron chi connectivity index (χ0n) is 15.5. The highest BCUT2D eigenvalue weighted by Crippen LogP contribution is 2.23. The van der Waals surface area contributed by atoms with E-state index in [9.17, 15) is 4.79 Å². The van der Waals surface area contributed by atoms with Crippen molar-refractivity contribution in [3.63, 3.8) is 0 Å². The first kappa shape index (κ1) is 20.2. The number of amides is 1. The minimum Gasteiger partial charge on any atom is -0.444 e. The van der Waals surface area contributed by atoms with Crippen molar-refractivity contribution in [3.05, 3.63) is 28.5 Å². The summed E-state index contributed by atoms with van der Waals surface area (Å²) in [5.74, 6) is 0.541. The van der Waals surface area contributed by atoms with E-state index in [1.807, 2.05) is 44.0 Å². The van der Waals surface area contributed by atoms with Crippen LogP contribution in [0.1, 0.15) is 52.0 Å². The Balaban J connectivity index is 1.63. The van der Waals surface area contributed by atoms with Gasteiger partial charge < -0.3 is 14.4 Å². The first-order valence-corrected chi connectivity index (χ1v) is 9.79. The molecule has 0 N–H and O–H groups in total. The molecule has 0 spiro atoms. The normalized spacial score (nSPS) is 18.2. The molecule has 2 rings (SSSR count). The number of halogens is 1. The summed E-state index contributed by atoms with van der Waals surface area (Å²) in [5, 5.41) is 0. The molecule has 0 aromatic carbocycles. The maximum absolute atomic E-state index is 12.2. The number of rotatable bonds is 6. The molecule has 5 nitrogen and oxygen atoms in total. The molecule has 0 unspecified atom stereocenters. The van der Waals surface area contributed by atoms with Crippen molar-refractivity contribution in [2.24, 2.45) is 5.92 Å². The molecule has 0 bridgehead atoms. The highest BCUT2D eigenvalue weighted by atomic mass is 79.9. The zero-order valence-corrected chi connectivity index (χ0v) is 17.0. The Bertz CT molecular complexity index is 543. The third-order valence-corrected chi connectivity index (χ3v) is 4.60. The van der Waals surface area contributed by atoms with E-state index in [-0.39, 0.29) is 6.09 Å². The van der Waals surface area contributed by atoms with Gasteiger partial charge in [-0.2, -0.15) is 0 Å². The van der Waals surface area contributed by atoms with Crippen LogP contribution in [0.15, 0.2) is 22.9 Å². The van der Waals surface area contributed by atoms with E-state index in [0.29, 0.717) is 12.5 Å². The van der Waals surface area contributed by atoms with Gasteiger partial charge in [-0.1, -0.05) is 6.07 Å². The Morgan fingerprint density at radius 1 is 1.40 bits per heavy atom. The van der Waals surface area contributed by atoms with E-state index >= 15 is 0 Å². The number of aromatic nitrogens is 1. The standard InChI is InChI=1S/C19H29BrN2O3/c1-19(2,3)25-18(23)22-10-4-6-15(13-22)7-5-11-24-14-16-8-9-17(20)21-12-16/h8-9,12,15H,4-7,10-11,13-14H2,1-3H3/t15-/m0/s1. The molecule has 1 aliphatic heterocycles. The molecule has 0 radical (unpaired) electrons. The lowest BCUT2D eigenvalue weighted by atomic mass is 9.94. The Morgan fingerprint density at radius 3 is 2.88 bits per heavy atom. The van der Waals surface area contributed by atoms with Crippen molar-refractivity contribution in [1.82, 2.24) is 9.88 Å². The van der Waals surface area contributed by atoms with Crippen molar-refractivity contribution in [3.8, 4) is 0 Å². The third kappa shape index (κ3) is 7.74. The molecule has 6 heteroatoms. The summed E-state index contributed by atoms with van der Waals surface area (Å²) in [4.78, 5) is 18.2. The summed E-state index contributed by atoms with van der Waals surface area (Å²) in [6.45, 7) is 8.65. The number of carbonyl (C=O) groups excluding carboxylic acids is 1. The fraction of sp³-hybridized carbons (Fsp3) is 0.684. The second-order valence-electron chi connectivity index (χ2n) is 7.62. The van der Waals surface area contributed by atoms with Crippen molar-refractivity contribution in [2.45, 2.75) is 58.7 Å². The summed E-state index contributed by atoms with van der Waals surface area (Å²) in [6.07, 6.45) is 5.96. The lowest BCUT2D eigenvalue weighted by molar-refractivity contribution is 0.0155. The molecular formula is C19H29BrN2O3. The van der Waals surface area contributed by atoms with Gasteiger partial charge in [0.2, 0.25) is 0 Å². The number of hydrogen-bond acceptors (Lipinski definition) is 4. The fourth-order valence-corrected chi connectivity index (χ4v) is 3.18. The van der Waals surface area contributed by atoms with Gasteiger partial charge in [0.05, 0.1) is 6.61 Å². The number of pyridine rings is 1. The SMILES string of the molecule is CC(C)(C)OC(=O)N1CCC[C@@H](CCCOCc2ccc(Br)nc2)C1. The molecule has 0 saturated carbocycles. The van der Waals surface area contributed by atoms with E-state index < -0.39 is 5.60 Å². The Kier molecular flexibility index (Phi) is 7.69. The molecule has 1 fully saturated rings. The maximum atomic E-state index is 12.2. The first-order valence-electron chi connectivity index (χ1n) is 8.99. The lowest BCUT2D eigenvalue weighted by Crippen LogP contribution is -2.42. The predicted molar refractivity (Wildman–Crippen MR) is 101 cm³/mol. The average Bonchev–Trinajstić information content (AvgIpc) is 2.55. The van der Waals surface area contributed by atoms with E-state index in [0.717, 1.165) is 49.1 Å². The minimum absolute atomic E-state index is 0.184. The van der Waals surface area contributed by atoms with Crippen LogP contribution in [0.3, 0.4) is 0 Å². The molecule has 140 valence electrons. The van der Waals surface area contributed by atoms with Crippen LogP contribution in [0.2, 0.25) is 0 Å². The van der Waals surface area contributed by atoms with Crippen LogP contribution in [-0.4, -0.2) is 41.3 Å². The highest BCUT2D eigenvalue weighted by Gasteiger charge is 2.27. The van der Waals surface area contributed by atoms with Crippen molar-refractivity contribution in [2.75, 3.05) is 19.7 Å². The van der Waals surface area contributed by atoms with E-state index in [1.54, 1.807) is 0 Å². The van der Waals surface area contributed by atoms with Crippen LogP contribution >= 0.6 is 15.9 Å². The molecule has 25 heavy (non-hydrogen) atoms. The molecule has 1 aliphatic rings. The number of piperidine rings is 1. The molecular weight excluding hydrogens is 384 g/mol. The van der Waals surface area contributed by atoms with Crippen LogP contribution in [0.4, 0.5) is 4.79 Å². The Labute approximate surface area is 159 Å². The van der Waals surface area contributed by atoms with Crippen LogP contribution in [0.25, 0.3) is 0 Å². The number of hydrogen-bond donors (Lipinski definition) is 0. The van der Waals surface area contributed by atoms with Gasteiger partial charge in [0.1, 0.15) is 10.2 Å². The van der Waals surface area contributed by atoms with Crippen molar-refractivity contribution >= 4 is 22.0 Å². The Hall–Kier alpha value is -1.14. The van der Waals surface area contributed by atoms with E-state index in [4.69, 9.17) is 9.47 Å². The fourth-order valence-electron chi connectivity index (χ4n) is 2.95.